The van der Waals surface area contributed by atoms with E-state index in [-0.39, 0.29) is 5.91 Å². The maximum absolute atomic E-state index is 12.1. The Morgan fingerprint density at radius 2 is 1.72 bits per heavy atom. The van der Waals surface area contributed by atoms with Crippen LogP contribution in [0.25, 0.3) is 0 Å². The van der Waals surface area contributed by atoms with Crippen LogP contribution >= 0.6 is 0 Å². The van der Waals surface area contributed by atoms with Gasteiger partial charge >= 0.3 is 5.97 Å². The number of carbonyl (C=O) groups is 2. The van der Waals surface area contributed by atoms with E-state index in [1.54, 1.807) is 24.3 Å². The van der Waals surface area contributed by atoms with Crippen molar-refractivity contribution in [1.82, 2.24) is 0 Å². The monoisotopic (exact) mass is 340 g/mol. The van der Waals surface area contributed by atoms with Gasteiger partial charge in [-0.15, -0.1) is 0 Å². The van der Waals surface area contributed by atoms with Gasteiger partial charge in [0, 0.05) is 24.3 Å². The number of anilines is 2. The molecule has 25 heavy (non-hydrogen) atoms. The number of hydrogen-bond acceptors (Lipinski definition) is 4. The lowest BCUT2D eigenvalue weighted by Gasteiger charge is -2.14. The van der Waals surface area contributed by atoms with E-state index in [2.05, 4.69) is 48.3 Å². The molecule has 2 aromatic rings. The second kappa shape index (κ2) is 8.33. The van der Waals surface area contributed by atoms with Crippen LogP contribution in [-0.4, -0.2) is 25.5 Å². The highest BCUT2D eigenvalue weighted by atomic mass is 16.5. The molecule has 0 aliphatic carbocycles. The molecule has 2 aromatic carbocycles. The number of rotatable bonds is 6. The number of nitrogens with one attached hydrogen (secondary N) is 2. The molecule has 0 atom stereocenters. The van der Waals surface area contributed by atoms with Crippen molar-refractivity contribution in [2.45, 2.75) is 27.2 Å². The molecule has 2 rings (SSSR count). The fourth-order valence-electron chi connectivity index (χ4n) is 2.83. The number of benzene rings is 2. The summed E-state index contributed by atoms with van der Waals surface area (Å²) in [4.78, 5) is 23.6. The van der Waals surface area contributed by atoms with E-state index in [1.807, 2.05) is 0 Å². The van der Waals surface area contributed by atoms with Crippen molar-refractivity contribution in [3.8, 4) is 0 Å². The smallest absolute Gasteiger partial charge is 0.337 e. The molecule has 0 fully saturated rings. The van der Waals surface area contributed by atoms with Gasteiger partial charge in [-0.1, -0.05) is 23.8 Å². The third-order valence-corrected chi connectivity index (χ3v) is 3.90. The quantitative estimate of drug-likeness (QED) is 0.784. The van der Waals surface area contributed by atoms with Crippen molar-refractivity contribution in [2.24, 2.45) is 0 Å². The van der Waals surface area contributed by atoms with Crippen LogP contribution < -0.4 is 10.6 Å². The zero-order chi connectivity index (χ0) is 18.4. The van der Waals surface area contributed by atoms with Crippen LogP contribution in [0.5, 0.6) is 0 Å². The molecular formula is C20H24N2O3. The van der Waals surface area contributed by atoms with Crippen molar-refractivity contribution >= 4 is 23.3 Å². The summed E-state index contributed by atoms with van der Waals surface area (Å²) >= 11 is 0. The Hall–Kier alpha value is -2.82. The summed E-state index contributed by atoms with van der Waals surface area (Å²) in [6.07, 6.45) is 0.329. The van der Waals surface area contributed by atoms with Crippen LogP contribution in [-0.2, 0) is 9.53 Å². The highest BCUT2D eigenvalue weighted by Gasteiger charge is 2.08. The first-order chi connectivity index (χ1) is 11.9. The first kappa shape index (κ1) is 18.5. The highest BCUT2D eigenvalue weighted by Crippen LogP contribution is 2.21. The van der Waals surface area contributed by atoms with E-state index in [4.69, 9.17) is 0 Å². The summed E-state index contributed by atoms with van der Waals surface area (Å²) in [6.45, 7) is 6.72. The zero-order valence-corrected chi connectivity index (χ0v) is 15.1. The Balaban J connectivity index is 1.90. The number of amides is 1. The molecule has 132 valence electrons. The Morgan fingerprint density at radius 1 is 1.04 bits per heavy atom. The first-order valence-corrected chi connectivity index (χ1v) is 8.20. The second-order valence-electron chi connectivity index (χ2n) is 6.07. The van der Waals surface area contributed by atoms with Gasteiger partial charge in [0.15, 0.2) is 0 Å². The summed E-state index contributed by atoms with van der Waals surface area (Å²) in [7, 11) is 1.33. The lowest BCUT2D eigenvalue weighted by atomic mass is 10.1. The Bertz CT molecular complexity index is 761. The number of hydrogen-bond donors (Lipinski definition) is 2. The standard InChI is InChI=1S/C20H24N2O3/c1-13-10-14(2)19(15(3)11-13)21-9-8-18(23)22-17-7-5-6-16(12-17)20(24)25-4/h5-7,10-12,21H,8-9H2,1-4H3,(H,22,23). The fourth-order valence-corrected chi connectivity index (χ4v) is 2.83. The van der Waals surface area contributed by atoms with Gasteiger partial charge in [0.2, 0.25) is 5.91 Å². The molecule has 0 aliphatic rings. The number of methoxy groups -OCH3 is 1. The topological polar surface area (TPSA) is 67.4 Å². The fraction of sp³-hybridized carbons (Fsp3) is 0.300. The average Bonchev–Trinajstić information content (AvgIpc) is 2.56. The summed E-state index contributed by atoms with van der Waals surface area (Å²) < 4.78 is 4.68. The van der Waals surface area contributed by atoms with Crippen molar-refractivity contribution in [3.05, 3.63) is 58.7 Å². The van der Waals surface area contributed by atoms with E-state index in [1.165, 1.54) is 23.8 Å². The normalized spacial score (nSPS) is 10.2. The van der Waals surface area contributed by atoms with E-state index < -0.39 is 5.97 Å². The van der Waals surface area contributed by atoms with Crippen LogP contribution in [0.2, 0.25) is 0 Å². The van der Waals surface area contributed by atoms with E-state index in [0.717, 1.165) is 5.69 Å². The highest BCUT2D eigenvalue weighted by molar-refractivity contribution is 5.94. The SMILES string of the molecule is COC(=O)c1cccc(NC(=O)CCNc2c(C)cc(C)cc2C)c1. The molecule has 0 unspecified atom stereocenters. The molecule has 0 aromatic heterocycles. The molecule has 5 nitrogen and oxygen atoms in total. The van der Waals surface area contributed by atoms with Crippen LogP contribution in [0, 0.1) is 20.8 Å². The van der Waals surface area contributed by atoms with Crippen molar-refractivity contribution in [1.29, 1.82) is 0 Å². The maximum atomic E-state index is 12.1. The molecule has 0 heterocycles. The largest absolute Gasteiger partial charge is 0.465 e. The first-order valence-electron chi connectivity index (χ1n) is 8.20. The maximum Gasteiger partial charge on any atom is 0.337 e. The van der Waals surface area contributed by atoms with Crippen LogP contribution in [0.15, 0.2) is 36.4 Å². The molecule has 0 saturated heterocycles. The second-order valence-corrected chi connectivity index (χ2v) is 6.07. The molecule has 0 aliphatic heterocycles. The lowest BCUT2D eigenvalue weighted by Crippen LogP contribution is -2.17. The predicted octanol–water partition coefficient (Wildman–Crippen LogP) is 3.84. The molecule has 0 bridgehead atoms. The molecule has 0 saturated carbocycles. The van der Waals surface area contributed by atoms with Gasteiger partial charge in [-0.25, -0.2) is 4.79 Å². The van der Waals surface area contributed by atoms with Gasteiger partial charge < -0.3 is 15.4 Å². The van der Waals surface area contributed by atoms with Crippen molar-refractivity contribution in [2.75, 3.05) is 24.3 Å². The Kier molecular flexibility index (Phi) is 6.17. The third kappa shape index (κ3) is 5.08. The minimum atomic E-state index is -0.428. The molecular weight excluding hydrogens is 316 g/mol. The number of ether oxygens (including phenoxy) is 1. The molecule has 1 amide bonds. The van der Waals surface area contributed by atoms with Crippen LogP contribution in [0.4, 0.5) is 11.4 Å². The predicted molar refractivity (Wildman–Crippen MR) is 100 cm³/mol. The minimum Gasteiger partial charge on any atom is -0.465 e. The van der Waals surface area contributed by atoms with Gasteiger partial charge in [0.1, 0.15) is 0 Å². The molecule has 2 N–H and O–H groups in total. The summed E-state index contributed by atoms with van der Waals surface area (Å²) in [6, 6.07) is 10.9. The molecule has 0 spiro atoms. The van der Waals surface area contributed by atoms with Gasteiger partial charge in [-0.05, 0) is 50.1 Å². The van der Waals surface area contributed by atoms with Crippen molar-refractivity contribution in [3.63, 3.8) is 0 Å². The average molecular weight is 340 g/mol. The summed E-state index contributed by atoms with van der Waals surface area (Å²) in [5.74, 6) is -0.542. The number of aryl methyl sites for hydroxylation is 3. The van der Waals surface area contributed by atoms with Gasteiger partial charge in [-0.2, -0.15) is 0 Å². The van der Waals surface area contributed by atoms with Crippen LogP contribution in [0.1, 0.15) is 33.5 Å². The van der Waals surface area contributed by atoms with Gasteiger partial charge in [0.05, 0.1) is 12.7 Å². The minimum absolute atomic E-state index is 0.114. The number of carbonyl (C=O) groups excluding carboxylic acids is 2. The third-order valence-electron chi connectivity index (χ3n) is 3.90. The Labute approximate surface area is 148 Å². The lowest BCUT2D eigenvalue weighted by molar-refractivity contribution is -0.115. The summed E-state index contributed by atoms with van der Waals surface area (Å²) in [5, 5.41) is 6.13. The Morgan fingerprint density at radius 3 is 2.36 bits per heavy atom. The van der Waals surface area contributed by atoms with Crippen molar-refractivity contribution < 1.29 is 14.3 Å². The van der Waals surface area contributed by atoms with Gasteiger partial charge in [0.25, 0.3) is 0 Å². The van der Waals surface area contributed by atoms with E-state index in [0.29, 0.717) is 24.2 Å². The number of esters is 1. The van der Waals surface area contributed by atoms with Crippen LogP contribution in [0.3, 0.4) is 0 Å². The van der Waals surface area contributed by atoms with Gasteiger partial charge in [-0.3, -0.25) is 4.79 Å². The van der Waals surface area contributed by atoms with E-state index in [9.17, 15) is 9.59 Å². The molecule has 5 heteroatoms. The zero-order valence-electron chi connectivity index (χ0n) is 15.1. The molecule has 0 radical (unpaired) electrons. The van der Waals surface area contributed by atoms with E-state index >= 15 is 0 Å². The summed E-state index contributed by atoms with van der Waals surface area (Å²) in [5.41, 5.74) is 5.63.